The molecule has 0 unspecified atom stereocenters. The summed E-state index contributed by atoms with van der Waals surface area (Å²) in [6.07, 6.45) is 2.90. The van der Waals surface area contributed by atoms with Gasteiger partial charge in [0.05, 0.1) is 0 Å². The monoisotopic (exact) mass is 302 g/mol. The maximum absolute atomic E-state index is 13.4. The molecule has 0 aliphatic carbocycles. The Kier molecular flexibility index (Phi) is 5.64. The highest BCUT2D eigenvalue weighted by Gasteiger charge is 2.19. The molecule has 0 saturated heterocycles. The van der Waals surface area contributed by atoms with Crippen LogP contribution in [0.25, 0.3) is 0 Å². The van der Waals surface area contributed by atoms with Gasteiger partial charge in [-0.05, 0) is 24.6 Å². The number of amides is 1. The van der Waals surface area contributed by atoms with Gasteiger partial charge in [0.2, 0.25) is 10.0 Å². The molecular weight excluding hydrogens is 283 g/mol. The van der Waals surface area contributed by atoms with E-state index >= 15 is 0 Å². The zero-order chi connectivity index (χ0) is 15.3. The molecule has 20 heavy (non-hydrogen) atoms. The predicted octanol–water partition coefficient (Wildman–Crippen LogP) is 1.74. The van der Waals surface area contributed by atoms with Gasteiger partial charge in [-0.1, -0.05) is 19.8 Å². The minimum absolute atomic E-state index is 0.106. The van der Waals surface area contributed by atoms with Gasteiger partial charge in [0.1, 0.15) is 10.7 Å². The lowest BCUT2D eigenvalue weighted by Gasteiger charge is -2.17. The number of carbonyl (C=O) groups excluding carboxylic acids is 1. The van der Waals surface area contributed by atoms with E-state index in [0.29, 0.717) is 6.54 Å². The van der Waals surface area contributed by atoms with Gasteiger partial charge in [0.15, 0.2) is 0 Å². The van der Waals surface area contributed by atoms with Crippen LogP contribution in [-0.2, 0) is 10.0 Å². The first kappa shape index (κ1) is 16.6. The smallest absolute Gasteiger partial charge is 0.253 e. The van der Waals surface area contributed by atoms with E-state index in [1.54, 1.807) is 7.05 Å². The van der Waals surface area contributed by atoms with Crippen LogP contribution in [0.3, 0.4) is 0 Å². The summed E-state index contributed by atoms with van der Waals surface area (Å²) in [6.45, 7) is 2.62. The van der Waals surface area contributed by atoms with E-state index in [4.69, 9.17) is 5.14 Å². The molecular formula is C13H19FN2O3S. The average Bonchev–Trinajstić information content (AvgIpc) is 2.37. The molecule has 0 aromatic heterocycles. The highest BCUT2D eigenvalue weighted by Crippen LogP contribution is 2.16. The molecule has 0 bridgehead atoms. The minimum Gasteiger partial charge on any atom is -0.342 e. The number of rotatable bonds is 6. The number of unbranched alkanes of at least 4 members (excludes halogenated alkanes) is 2. The molecule has 0 atom stereocenters. The Morgan fingerprint density at radius 2 is 2.00 bits per heavy atom. The molecule has 5 nitrogen and oxygen atoms in total. The third-order valence-corrected chi connectivity index (χ3v) is 3.85. The SMILES string of the molecule is CCCCCN(C)C(=O)c1ccc(F)c(S(N)(=O)=O)c1. The van der Waals surface area contributed by atoms with Gasteiger partial charge < -0.3 is 4.90 Å². The maximum atomic E-state index is 13.4. The normalized spacial score (nSPS) is 11.4. The molecule has 0 spiro atoms. The van der Waals surface area contributed by atoms with Gasteiger partial charge in [-0.25, -0.2) is 17.9 Å². The Balaban J connectivity index is 2.94. The van der Waals surface area contributed by atoms with Crippen molar-refractivity contribution in [2.75, 3.05) is 13.6 Å². The Morgan fingerprint density at radius 1 is 1.35 bits per heavy atom. The summed E-state index contributed by atoms with van der Waals surface area (Å²) < 4.78 is 35.8. The molecule has 7 heteroatoms. The molecule has 0 radical (unpaired) electrons. The zero-order valence-electron chi connectivity index (χ0n) is 11.6. The third kappa shape index (κ3) is 4.28. The summed E-state index contributed by atoms with van der Waals surface area (Å²) in [5, 5.41) is 4.91. The highest BCUT2D eigenvalue weighted by molar-refractivity contribution is 7.89. The van der Waals surface area contributed by atoms with E-state index in [0.717, 1.165) is 31.4 Å². The number of primary sulfonamides is 1. The van der Waals surface area contributed by atoms with Crippen LogP contribution in [0.5, 0.6) is 0 Å². The number of benzene rings is 1. The van der Waals surface area contributed by atoms with Crippen LogP contribution in [-0.4, -0.2) is 32.8 Å². The summed E-state index contributed by atoms with van der Waals surface area (Å²) in [5.74, 6) is -1.32. The molecule has 1 aromatic carbocycles. The van der Waals surface area contributed by atoms with Crippen LogP contribution in [0.2, 0.25) is 0 Å². The topological polar surface area (TPSA) is 80.5 Å². The number of nitrogens with zero attached hydrogens (tertiary/aromatic N) is 1. The van der Waals surface area contributed by atoms with Gasteiger partial charge in [-0.2, -0.15) is 0 Å². The van der Waals surface area contributed by atoms with Gasteiger partial charge in [-0.3, -0.25) is 4.79 Å². The van der Waals surface area contributed by atoms with Gasteiger partial charge in [-0.15, -0.1) is 0 Å². The second-order valence-electron chi connectivity index (χ2n) is 4.62. The van der Waals surface area contributed by atoms with Crippen LogP contribution >= 0.6 is 0 Å². The average molecular weight is 302 g/mol. The molecule has 0 saturated carbocycles. The van der Waals surface area contributed by atoms with Gasteiger partial charge in [0.25, 0.3) is 5.91 Å². The van der Waals surface area contributed by atoms with Crippen LogP contribution < -0.4 is 5.14 Å². The number of nitrogens with two attached hydrogens (primary N) is 1. The largest absolute Gasteiger partial charge is 0.342 e. The second-order valence-corrected chi connectivity index (χ2v) is 6.15. The first-order valence-corrected chi connectivity index (χ1v) is 7.89. The van der Waals surface area contributed by atoms with Crippen molar-refractivity contribution in [2.45, 2.75) is 31.1 Å². The van der Waals surface area contributed by atoms with Crippen molar-refractivity contribution < 1.29 is 17.6 Å². The number of hydrogen-bond acceptors (Lipinski definition) is 3. The van der Waals surface area contributed by atoms with Crippen LogP contribution in [0.15, 0.2) is 23.1 Å². The summed E-state index contributed by atoms with van der Waals surface area (Å²) in [4.78, 5) is 12.9. The van der Waals surface area contributed by atoms with Crippen molar-refractivity contribution in [3.8, 4) is 0 Å². The predicted molar refractivity (Wildman–Crippen MR) is 74.3 cm³/mol. The van der Waals surface area contributed by atoms with E-state index in [1.807, 2.05) is 0 Å². The first-order chi connectivity index (χ1) is 9.27. The van der Waals surface area contributed by atoms with Crippen molar-refractivity contribution >= 4 is 15.9 Å². The molecule has 0 heterocycles. The summed E-state index contributed by atoms with van der Waals surface area (Å²) in [5.41, 5.74) is 0.106. The van der Waals surface area contributed by atoms with Gasteiger partial charge >= 0.3 is 0 Å². The number of carbonyl (C=O) groups is 1. The Morgan fingerprint density at radius 3 is 2.55 bits per heavy atom. The lowest BCUT2D eigenvalue weighted by Crippen LogP contribution is -2.28. The molecule has 2 N–H and O–H groups in total. The molecule has 0 aliphatic rings. The van der Waals surface area contributed by atoms with Crippen LogP contribution in [0.1, 0.15) is 36.5 Å². The van der Waals surface area contributed by atoms with E-state index in [9.17, 15) is 17.6 Å². The van der Waals surface area contributed by atoms with Crippen LogP contribution in [0, 0.1) is 5.82 Å². The number of sulfonamides is 1. The Bertz CT molecular complexity index is 587. The Hall–Kier alpha value is -1.47. The van der Waals surface area contributed by atoms with Gasteiger partial charge in [0, 0.05) is 19.2 Å². The van der Waals surface area contributed by atoms with E-state index in [-0.39, 0.29) is 11.5 Å². The molecule has 0 aliphatic heterocycles. The lowest BCUT2D eigenvalue weighted by molar-refractivity contribution is 0.0792. The molecule has 0 fully saturated rings. The Labute approximate surface area is 118 Å². The quantitative estimate of drug-likeness (QED) is 0.813. The fourth-order valence-electron chi connectivity index (χ4n) is 1.78. The van der Waals surface area contributed by atoms with Crippen LogP contribution in [0.4, 0.5) is 4.39 Å². The molecule has 1 aromatic rings. The summed E-state index contributed by atoms with van der Waals surface area (Å²) in [7, 11) is -2.56. The van der Waals surface area contributed by atoms with Crippen molar-refractivity contribution in [1.82, 2.24) is 4.90 Å². The molecule has 1 amide bonds. The van der Waals surface area contributed by atoms with Crippen molar-refractivity contribution in [2.24, 2.45) is 5.14 Å². The fourth-order valence-corrected chi connectivity index (χ4v) is 2.41. The molecule has 1 rings (SSSR count). The fraction of sp³-hybridized carbons (Fsp3) is 0.462. The lowest BCUT2D eigenvalue weighted by atomic mass is 10.2. The first-order valence-electron chi connectivity index (χ1n) is 6.35. The van der Waals surface area contributed by atoms with E-state index in [2.05, 4.69) is 6.92 Å². The van der Waals surface area contributed by atoms with E-state index in [1.165, 1.54) is 11.0 Å². The van der Waals surface area contributed by atoms with Crippen molar-refractivity contribution in [3.05, 3.63) is 29.6 Å². The molecule has 112 valence electrons. The number of halogens is 1. The second kappa shape index (κ2) is 6.81. The standard InChI is InChI=1S/C13H19FN2O3S/c1-3-4-5-8-16(2)13(17)10-6-7-11(14)12(9-10)20(15,18)19/h6-7,9H,3-5,8H2,1-2H3,(H2,15,18,19). The summed E-state index contributed by atoms with van der Waals surface area (Å²) in [6, 6.07) is 3.17. The highest BCUT2D eigenvalue weighted by atomic mass is 32.2. The number of hydrogen-bond donors (Lipinski definition) is 1. The minimum atomic E-state index is -4.18. The summed E-state index contributed by atoms with van der Waals surface area (Å²) >= 11 is 0. The van der Waals surface area contributed by atoms with E-state index < -0.39 is 20.7 Å². The van der Waals surface area contributed by atoms with Crippen molar-refractivity contribution in [3.63, 3.8) is 0 Å². The zero-order valence-corrected chi connectivity index (χ0v) is 12.4. The third-order valence-electron chi connectivity index (χ3n) is 2.93. The van der Waals surface area contributed by atoms with Crippen molar-refractivity contribution in [1.29, 1.82) is 0 Å². The maximum Gasteiger partial charge on any atom is 0.253 e.